The van der Waals surface area contributed by atoms with Crippen molar-refractivity contribution in [3.63, 3.8) is 0 Å². The SMILES string of the molecule is NC(Cc1ccccn1)(c1ccccc1)c1ccccc1. The van der Waals surface area contributed by atoms with E-state index in [0.717, 1.165) is 16.8 Å². The van der Waals surface area contributed by atoms with Gasteiger partial charge in [0.2, 0.25) is 0 Å². The highest BCUT2D eigenvalue weighted by molar-refractivity contribution is 5.39. The maximum absolute atomic E-state index is 6.83. The smallest absolute Gasteiger partial charge is 0.0721 e. The van der Waals surface area contributed by atoms with E-state index in [9.17, 15) is 0 Å². The first-order chi connectivity index (χ1) is 10.3. The summed E-state index contributed by atoms with van der Waals surface area (Å²) < 4.78 is 0. The van der Waals surface area contributed by atoms with Crippen LogP contribution in [0.3, 0.4) is 0 Å². The molecule has 104 valence electrons. The highest BCUT2D eigenvalue weighted by Gasteiger charge is 2.30. The van der Waals surface area contributed by atoms with Gasteiger partial charge in [0.05, 0.1) is 5.54 Å². The third kappa shape index (κ3) is 2.86. The van der Waals surface area contributed by atoms with E-state index in [1.165, 1.54) is 0 Å². The lowest BCUT2D eigenvalue weighted by Gasteiger charge is -2.30. The molecule has 2 nitrogen and oxygen atoms in total. The Morgan fingerprint density at radius 3 is 1.71 bits per heavy atom. The van der Waals surface area contributed by atoms with Gasteiger partial charge >= 0.3 is 0 Å². The van der Waals surface area contributed by atoms with E-state index in [1.807, 2.05) is 60.8 Å². The molecule has 21 heavy (non-hydrogen) atoms. The van der Waals surface area contributed by atoms with Crippen LogP contribution in [0, 0.1) is 0 Å². The van der Waals surface area contributed by atoms with Crippen molar-refractivity contribution in [2.45, 2.75) is 12.0 Å². The van der Waals surface area contributed by atoms with E-state index in [-0.39, 0.29) is 0 Å². The molecule has 0 fully saturated rings. The van der Waals surface area contributed by atoms with E-state index in [4.69, 9.17) is 5.73 Å². The summed E-state index contributed by atoms with van der Waals surface area (Å²) >= 11 is 0. The third-order valence-electron chi connectivity index (χ3n) is 3.76. The molecule has 0 radical (unpaired) electrons. The molecule has 0 aliphatic carbocycles. The van der Waals surface area contributed by atoms with Crippen LogP contribution in [-0.4, -0.2) is 4.98 Å². The van der Waals surface area contributed by atoms with Crippen LogP contribution in [0.4, 0.5) is 0 Å². The fraction of sp³-hybridized carbons (Fsp3) is 0.105. The van der Waals surface area contributed by atoms with Gasteiger partial charge in [-0.3, -0.25) is 4.98 Å². The summed E-state index contributed by atoms with van der Waals surface area (Å²) in [6, 6.07) is 26.4. The Labute approximate surface area is 125 Å². The lowest BCUT2D eigenvalue weighted by molar-refractivity contribution is 0.528. The van der Waals surface area contributed by atoms with Crippen LogP contribution >= 0.6 is 0 Å². The average molecular weight is 274 g/mol. The van der Waals surface area contributed by atoms with E-state index >= 15 is 0 Å². The quantitative estimate of drug-likeness (QED) is 0.790. The lowest BCUT2D eigenvalue weighted by Crippen LogP contribution is -2.40. The van der Waals surface area contributed by atoms with Crippen molar-refractivity contribution in [2.75, 3.05) is 0 Å². The van der Waals surface area contributed by atoms with Gasteiger partial charge in [0.1, 0.15) is 0 Å². The molecule has 3 aromatic rings. The van der Waals surface area contributed by atoms with Crippen molar-refractivity contribution < 1.29 is 0 Å². The van der Waals surface area contributed by atoms with Gasteiger partial charge in [-0.25, -0.2) is 0 Å². The molecule has 0 unspecified atom stereocenters. The Balaban J connectivity index is 2.07. The number of nitrogens with zero attached hydrogens (tertiary/aromatic N) is 1. The van der Waals surface area contributed by atoms with Crippen molar-refractivity contribution >= 4 is 0 Å². The number of rotatable bonds is 4. The minimum atomic E-state index is -0.573. The molecule has 2 heteroatoms. The predicted molar refractivity (Wildman–Crippen MR) is 85.8 cm³/mol. The molecule has 0 aliphatic heterocycles. The monoisotopic (exact) mass is 274 g/mol. The van der Waals surface area contributed by atoms with Gasteiger partial charge < -0.3 is 5.73 Å². The number of nitrogens with two attached hydrogens (primary N) is 1. The molecule has 0 saturated carbocycles. The van der Waals surface area contributed by atoms with Crippen LogP contribution in [0.2, 0.25) is 0 Å². The average Bonchev–Trinajstić information content (AvgIpc) is 2.57. The molecule has 0 amide bonds. The van der Waals surface area contributed by atoms with Crippen molar-refractivity contribution in [1.82, 2.24) is 4.98 Å². The maximum atomic E-state index is 6.83. The van der Waals surface area contributed by atoms with Gasteiger partial charge in [-0.05, 0) is 23.3 Å². The highest BCUT2D eigenvalue weighted by Crippen LogP contribution is 2.30. The van der Waals surface area contributed by atoms with Crippen LogP contribution in [0.1, 0.15) is 16.8 Å². The molecule has 2 aromatic carbocycles. The summed E-state index contributed by atoms with van der Waals surface area (Å²) in [5, 5.41) is 0. The molecule has 1 aromatic heterocycles. The Morgan fingerprint density at radius 2 is 1.24 bits per heavy atom. The van der Waals surface area contributed by atoms with Gasteiger partial charge in [-0.2, -0.15) is 0 Å². The molecule has 0 aliphatic rings. The van der Waals surface area contributed by atoms with Crippen LogP contribution in [0.25, 0.3) is 0 Å². The zero-order valence-electron chi connectivity index (χ0n) is 11.8. The third-order valence-corrected chi connectivity index (χ3v) is 3.76. The first-order valence-corrected chi connectivity index (χ1v) is 7.09. The summed E-state index contributed by atoms with van der Waals surface area (Å²) in [7, 11) is 0. The Kier molecular flexibility index (Phi) is 3.80. The standard InChI is InChI=1S/C19H18N2/c20-19(16-9-3-1-4-10-16,17-11-5-2-6-12-17)15-18-13-7-8-14-21-18/h1-14H,15,20H2. The van der Waals surface area contributed by atoms with Gasteiger partial charge in [0.15, 0.2) is 0 Å². The van der Waals surface area contributed by atoms with Crippen LogP contribution in [-0.2, 0) is 12.0 Å². The first kappa shape index (κ1) is 13.5. The summed E-state index contributed by atoms with van der Waals surface area (Å²) in [5.41, 5.74) is 9.45. The first-order valence-electron chi connectivity index (χ1n) is 7.09. The molecule has 0 spiro atoms. The Morgan fingerprint density at radius 1 is 0.714 bits per heavy atom. The van der Waals surface area contributed by atoms with Gasteiger partial charge in [-0.1, -0.05) is 66.7 Å². The molecular formula is C19H18N2. The molecule has 1 heterocycles. The van der Waals surface area contributed by atoms with E-state index < -0.39 is 5.54 Å². The maximum Gasteiger partial charge on any atom is 0.0721 e. The fourth-order valence-electron chi connectivity index (χ4n) is 2.63. The minimum Gasteiger partial charge on any atom is -0.317 e. The summed E-state index contributed by atoms with van der Waals surface area (Å²) in [4.78, 5) is 4.43. The van der Waals surface area contributed by atoms with Crippen molar-refractivity contribution in [3.8, 4) is 0 Å². The van der Waals surface area contributed by atoms with Gasteiger partial charge in [0.25, 0.3) is 0 Å². The topological polar surface area (TPSA) is 38.9 Å². The van der Waals surface area contributed by atoms with E-state index in [0.29, 0.717) is 6.42 Å². The highest BCUT2D eigenvalue weighted by atomic mass is 14.8. The number of benzene rings is 2. The van der Waals surface area contributed by atoms with Crippen molar-refractivity contribution in [3.05, 3.63) is 102 Å². The van der Waals surface area contributed by atoms with Crippen molar-refractivity contribution in [1.29, 1.82) is 0 Å². The summed E-state index contributed by atoms with van der Waals surface area (Å²) in [5.74, 6) is 0. The second-order valence-electron chi connectivity index (χ2n) is 5.20. The normalized spacial score (nSPS) is 11.3. The Hall–Kier alpha value is -2.45. The molecular weight excluding hydrogens is 256 g/mol. The molecule has 2 N–H and O–H groups in total. The molecule has 0 saturated heterocycles. The summed E-state index contributed by atoms with van der Waals surface area (Å²) in [6.07, 6.45) is 2.48. The summed E-state index contributed by atoms with van der Waals surface area (Å²) in [6.45, 7) is 0. The number of pyridine rings is 1. The largest absolute Gasteiger partial charge is 0.317 e. The lowest BCUT2D eigenvalue weighted by atomic mass is 9.80. The van der Waals surface area contributed by atoms with Crippen molar-refractivity contribution in [2.24, 2.45) is 5.73 Å². The zero-order valence-corrected chi connectivity index (χ0v) is 11.8. The van der Waals surface area contributed by atoms with E-state index in [1.54, 1.807) is 0 Å². The number of hydrogen-bond acceptors (Lipinski definition) is 2. The molecule has 0 atom stereocenters. The van der Waals surface area contributed by atoms with Gasteiger partial charge in [0, 0.05) is 18.3 Å². The minimum absolute atomic E-state index is 0.573. The number of hydrogen-bond donors (Lipinski definition) is 1. The molecule has 3 rings (SSSR count). The Bertz CT molecular complexity index is 639. The van der Waals surface area contributed by atoms with E-state index in [2.05, 4.69) is 29.2 Å². The zero-order chi connectivity index (χ0) is 14.5. The van der Waals surface area contributed by atoms with Crippen LogP contribution in [0.5, 0.6) is 0 Å². The van der Waals surface area contributed by atoms with Crippen LogP contribution < -0.4 is 5.73 Å². The number of aromatic nitrogens is 1. The predicted octanol–water partition coefficient (Wildman–Crippen LogP) is 3.53. The van der Waals surface area contributed by atoms with Crippen LogP contribution in [0.15, 0.2) is 85.1 Å². The second kappa shape index (κ2) is 5.90. The second-order valence-corrected chi connectivity index (χ2v) is 5.20. The fourth-order valence-corrected chi connectivity index (χ4v) is 2.63. The molecule has 0 bridgehead atoms. The van der Waals surface area contributed by atoms with Gasteiger partial charge in [-0.15, -0.1) is 0 Å².